The molecule has 1 aliphatic rings. The van der Waals surface area contributed by atoms with Gasteiger partial charge in [0.15, 0.2) is 0 Å². The Kier molecular flexibility index (Phi) is 6.95. The summed E-state index contributed by atoms with van der Waals surface area (Å²) in [6, 6.07) is 0. The van der Waals surface area contributed by atoms with Crippen LogP contribution in [0.25, 0.3) is 0 Å². The number of carbonyl (C=O) groups is 1. The minimum atomic E-state index is -0.343. The van der Waals surface area contributed by atoms with E-state index in [2.05, 4.69) is 15.5 Å². The summed E-state index contributed by atoms with van der Waals surface area (Å²) in [5, 5.41) is 6.29. The third-order valence-corrected chi connectivity index (χ3v) is 2.96. The molecular weight excluding hydrogens is 226 g/mol. The highest BCUT2D eigenvalue weighted by Crippen LogP contribution is 2.18. The predicted molar refractivity (Wildman–Crippen MR) is 69.1 cm³/mol. The van der Waals surface area contributed by atoms with Crippen molar-refractivity contribution in [2.24, 2.45) is 0 Å². The minimum absolute atomic E-state index is 0. The molecule has 0 radical (unpaired) electrons. The minimum Gasteiger partial charge on any atom is -0.353 e. The smallest absolute Gasteiger partial charge is 0.240 e. The van der Waals surface area contributed by atoms with Crippen molar-refractivity contribution in [1.29, 1.82) is 0 Å². The zero-order valence-corrected chi connectivity index (χ0v) is 11.3. The van der Waals surface area contributed by atoms with Crippen molar-refractivity contribution in [3.05, 3.63) is 0 Å². The average Bonchev–Trinajstić information content (AvgIpc) is 2.18. The number of nitrogens with zero attached hydrogens (tertiary/aromatic N) is 1. The Hall–Kier alpha value is -0.320. The first-order valence-corrected chi connectivity index (χ1v) is 5.73. The quantitative estimate of drug-likeness (QED) is 0.768. The van der Waals surface area contributed by atoms with Gasteiger partial charge in [-0.25, -0.2) is 0 Å². The fourth-order valence-corrected chi connectivity index (χ4v) is 1.84. The third kappa shape index (κ3) is 4.68. The van der Waals surface area contributed by atoms with E-state index in [4.69, 9.17) is 0 Å². The molecule has 1 rings (SSSR count). The van der Waals surface area contributed by atoms with Gasteiger partial charge < -0.3 is 15.5 Å². The molecule has 0 aliphatic carbocycles. The molecule has 1 saturated heterocycles. The van der Waals surface area contributed by atoms with Crippen LogP contribution in [0.5, 0.6) is 0 Å². The highest BCUT2D eigenvalue weighted by molar-refractivity contribution is 5.86. The number of amides is 1. The van der Waals surface area contributed by atoms with Gasteiger partial charge in [0.05, 0.1) is 5.54 Å². The van der Waals surface area contributed by atoms with E-state index in [1.54, 1.807) is 0 Å². The number of nitrogens with one attached hydrogen (secondary N) is 2. The standard InChI is InChI=1S/C11H23N3O.ClH/c1-11(6-4-5-7-13-11)10(15)12-8-9-14(2)3;/h13H,4-9H2,1-3H3,(H,12,15);1H. The monoisotopic (exact) mass is 249 g/mol. The molecule has 0 aromatic rings. The summed E-state index contributed by atoms with van der Waals surface area (Å²) in [5.41, 5.74) is -0.343. The van der Waals surface area contributed by atoms with E-state index in [-0.39, 0.29) is 23.9 Å². The maximum atomic E-state index is 11.9. The molecule has 4 nitrogen and oxygen atoms in total. The number of hydrogen-bond donors (Lipinski definition) is 2. The van der Waals surface area contributed by atoms with Crippen LogP contribution in [0.3, 0.4) is 0 Å². The Bertz CT molecular complexity index is 215. The zero-order valence-electron chi connectivity index (χ0n) is 10.5. The van der Waals surface area contributed by atoms with Gasteiger partial charge in [0.25, 0.3) is 0 Å². The lowest BCUT2D eigenvalue weighted by atomic mass is 9.90. The maximum absolute atomic E-state index is 11.9. The second-order valence-corrected chi connectivity index (χ2v) is 4.78. The first-order chi connectivity index (χ1) is 7.04. The van der Waals surface area contributed by atoms with Gasteiger partial charge in [0.1, 0.15) is 0 Å². The summed E-state index contributed by atoms with van der Waals surface area (Å²) < 4.78 is 0. The SMILES string of the molecule is CN(C)CCNC(=O)C1(C)CCCCN1.Cl. The largest absolute Gasteiger partial charge is 0.353 e. The second kappa shape index (κ2) is 7.09. The highest BCUT2D eigenvalue weighted by atomic mass is 35.5. The van der Waals surface area contributed by atoms with Gasteiger partial charge in [-0.1, -0.05) is 0 Å². The Labute approximate surface area is 105 Å². The van der Waals surface area contributed by atoms with E-state index in [1.165, 1.54) is 6.42 Å². The number of rotatable bonds is 4. The van der Waals surface area contributed by atoms with Gasteiger partial charge in [-0.15, -0.1) is 12.4 Å². The lowest BCUT2D eigenvalue weighted by Crippen LogP contribution is -2.57. The van der Waals surface area contributed by atoms with Crippen LogP contribution >= 0.6 is 12.4 Å². The van der Waals surface area contributed by atoms with Crippen molar-refractivity contribution in [3.8, 4) is 0 Å². The fraction of sp³-hybridized carbons (Fsp3) is 0.909. The topological polar surface area (TPSA) is 44.4 Å². The summed E-state index contributed by atoms with van der Waals surface area (Å²) in [6.45, 7) is 4.57. The van der Waals surface area contributed by atoms with Crippen molar-refractivity contribution in [2.75, 3.05) is 33.7 Å². The third-order valence-electron chi connectivity index (χ3n) is 2.96. The maximum Gasteiger partial charge on any atom is 0.240 e. The molecule has 5 heteroatoms. The molecule has 2 N–H and O–H groups in total. The lowest BCUT2D eigenvalue weighted by Gasteiger charge is -2.33. The van der Waals surface area contributed by atoms with Crippen molar-refractivity contribution in [3.63, 3.8) is 0 Å². The summed E-state index contributed by atoms with van der Waals surface area (Å²) >= 11 is 0. The Morgan fingerprint density at radius 3 is 2.62 bits per heavy atom. The Balaban J connectivity index is 0.00000225. The van der Waals surface area contributed by atoms with Gasteiger partial charge >= 0.3 is 0 Å². The molecule has 1 atom stereocenters. The average molecular weight is 250 g/mol. The molecule has 0 spiro atoms. The molecular formula is C11H24ClN3O. The van der Waals surface area contributed by atoms with Crippen LogP contribution in [0.2, 0.25) is 0 Å². The molecule has 1 fully saturated rings. The molecule has 0 saturated carbocycles. The molecule has 0 aromatic carbocycles. The Morgan fingerprint density at radius 2 is 2.12 bits per heavy atom. The molecule has 96 valence electrons. The predicted octanol–water partition coefficient (Wildman–Crippen LogP) is 0.618. The Morgan fingerprint density at radius 1 is 1.44 bits per heavy atom. The van der Waals surface area contributed by atoms with Crippen LogP contribution in [0.4, 0.5) is 0 Å². The normalized spacial score (nSPS) is 25.0. The van der Waals surface area contributed by atoms with Crippen molar-refractivity contribution in [2.45, 2.75) is 31.7 Å². The van der Waals surface area contributed by atoms with Crippen LogP contribution in [-0.4, -0.2) is 50.1 Å². The van der Waals surface area contributed by atoms with Crippen molar-refractivity contribution < 1.29 is 4.79 Å². The second-order valence-electron chi connectivity index (χ2n) is 4.78. The first-order valence-electron chi connectivity index (χ1n) is 5.73. The van der Waals surface area contributed by atoms with E-state index in [1.807, 2.05) is 21.0 Å². The summed E-state index contributed by atoms with van der Waals surface area (Å²) in [7, 11) is 4.01. The summed E-state index contributed by atoms with van der Waals surface area (Å²) in [4.78, 5) is 14.0. The number of hydrogen-bond acceptors (Lipinski definition) is 3. The van der Waals surface area contributed by atoms with Crippen LogP contribution in [-0.2, 0) is 4.79 Å². The van der Waals surface area contributed by atoms with Crippen LogP contribution < -0.4 is 10.6 Å². The number of piperidine rings is 1. The number of likely N-dealkylation sites (N-methyl/N-ethyl adjacent to an activating group) is 1. The first kappa shape index (κ1) is 15.7. The van der Waals surface area contributed by atoms with E-state index in [0.29, 0.717) is 0 Å². The molecule has 16 heavy (non-hydrogen) atoms. The van der Waals surface area contributed by atoms with Crippen molar-refractivity contribution in [1.82, 2.24) is 15.5 Å². The zero-order chi connectivity index (χ0) is 11.3. The van der Waals surface area contributed by atoms with E-state index in [9.17, 15) is 4.79 Å². The van der Waals surface area contributed by atoms with Gasteiger partial charge in [-0.05, 0) is 46.8 Å². The summed E-state index contributed by atoms with van der Waals surface area (Å²) in [5.74, 6) is 0.143. The van der Waals surface area contributed by atoms with E-state index in [0.717, 1.165) is 32.5 Å². The molecule has 0 bridgehead atoms. The molecule has 1 heterocycles. The molecule has 1 unspecified atom stereocenters. The van der Waals surface area contributed by atoms with Crippen LogP contribution in [0.15, 0.2) is 0 Å². The van der Waals surface area contributed by atoms with Crippen LogP contribution in [0.1, 0.15) is 26.2 Å². The summed E-state index contributed by atoms with van der Waals surface area (Å²) in [6.07, 6.45) is 3.27. The lowest BCUT2D eigenvalue weighted by molar-refractivity contribution is -0.127. The van der Waals surface area contributed by atoms with Crippen LogP contribution in [0, 0.1) is 0 Å². The van der Waals surface area contributed by atoms with Gasteiger partial charge in [-0.3, -0.25) is 4.79 Å². The molecule has 1 amide bonds. The van der Waals surface area contributed by atoms with E-state index >= 15 is 0 Å². The number of carbonyl (C=O) groups excluding carboxylic acids is 1. The van der Waals surface area contributed by atoms with E-state index < -0.39 is 0 Å². The van der Waals surface area contributed by atoms with Gasteiger partial charge in [0.2, 0.25) is 5.91 Å². The van der Waals surface area contributed by atoms with Crippen molar-refractivity contribution >= 4 is 18.3 Å². The molecule has 1 aliphatic heterocycles. The molecule has 0 aromatic heterocycles. The van der Waals surface area contributed by atoms with Gasteiger partial charge in [-0.2, -0.15) is 0 Å². The number of halogens is 1. The van der Waals surface area contributed by atoms with Gasteiger partial charge in [0, 0.05) is 13.1 Å². The highest BCUT2D eigenvalue weighted by Gasteiger charge is 2.33. The fourth-order valence-electron chi connectivity index (χ4n) is 1.84.